The lowest BCUT2D eigenvalue weighted by Gasteiger charge is -2.13. The van der Waals surface area contributed by atoms with Gasteiger partial charge in [0.15, 0.2) is 5.16 Å². The van der Waals surface area contributed by atoms with Crippen molar-refractivity contribution in [2.75, 3.05) is 11.1 Å². The number of aryl methyl sites for hydroxylation is 2. The monoisotopic (exact) mass is 447 g/mol. The third kappa shape index (κ3) is 3.73. The Labute approximate surface area is 186 Å². The molecule has 0 saturated carbocycles. The standard InChI is InChI=1S/C24H18FN3O3S/c25-16-7-9-17(10-8-16)28-22(31)12-20(29)27-24(28)32-13-21(30)26-19-11-6-15-5-4-14-2-1-3-18(19)23(14)15/h1-3,6-12,29H,4-5,13H2,(H,26,30). The third-order valence-electron chi connectivity index (χ3n) is 5.44. The number of aromatic nitrogens is 2. The van der Waals surface area contributed by atoms with Crippen LogP contribution in [-0.2, 0) is 17.6 Å². The number of benzene rings is 3. The molecular formula is C24H18FN3O3S. The van der Waals surface area contributed by atoms with Crippen LogP contribution < -0.4 is 10.9 Å². The predicted molar refractivity (Wildman–Crippen MR) is 122 cm³/mol. The number of carbonyl (C=O) groups is 1. The highest BCUT2D eigenvalue weighted by atomic mass is 32.2. The lowest BCUT2D eigenvalue weighted by molar-refractivity contribution is -0.113. The van der Waals surface area contributed by atoms with Crippen molar-refractivity contribution in [3.05, 3.63) is 88.0 Å². The molecule has 5 rings (SSSR count). The predicted octanol–water partition coefficient (Wildman–Crippen LogP) is 4.06. The quantitative estimate of drug-likeness (QED) is 0.356. The van der Waals surface area contributed by atoms with Crippen molar-refractivity contribution in [3.63, 3.8) is 0 Å². The molecule has 0 aliphatic heterocycles. The fraction of sp³-hybridized carbons (Fsp3) is 0.125. The second-order valence-electron chi connectivity index (χ2n) is 7.50. The average Bonchev–Trinajstić information content (AvgIpc) is 3.19. The molecule has 2 N–H and O–H groups in total. The molecule has 1 aromatic heterocycles. The molecule has 32 heavy (non-hydrogen) atoms. The van der Waals surface area contributed by atoms with Crippen LogP contribution in [0, 0.1) is 5.82 Å². The summed E-state index contributed by atoms with van der Waals surface area (Å²) in [6.07, 6.45) is 2.01. The number of anilines is 1. The second-order valence-corrected chi connectivity index (χ2v) is 8.44. The molecule has 0 saturated heterocycles. The van der Waals surface area contributed by atoms with E-state index in [0.717, 1.165) is 41.7 Å². The molecule has 0 radical (unpaired) electrons. The highest BCUT2D eigenvalue weighted by molar-refractivity contribution is 7.99. The zero-order chi connectivity index (χ0) is 22.2. The molecule has 1 amide bonds. The van der Waals surface area contributed by atoms with Gasteiger partial charge in [0.2, 0.25) is 11.8 Å². The minimum atomic E-state index is -0.528. The first-order chi connectivity index (χ1) is 15.5. The maximum atomic E-state index is 13.3. The molecule has 160 valence electrons. The van der Waals surface area contributed by atoms with Crippen LogP contribution in [0.5, 0.6) is 5.88 Å². The lowest BCUT2D eigenvalue weighted by atomic mass is 10.0. The molecule has 0 fully saturated rings. The highest BCUT2D eigenvalue weighted by Gasteiger charge is 2.18. The summed E-state index contributed by atoms with van der Waals surface area (Å²) in [5, 5.41) is 15.1. The highest BCUT2D eigenvalue weighted by Crippen LogP contribution is 2.35. The number of nitrogens with zero attached hydrogens (tertiary/aromatic N) is 2. The Morgan fingerprint density at radius 1 is 1.09 bits per heavy atom. The van der Waals surface area contributed by atoms with E-state index in [1.165, 1.54) is 45.3 Å². The minimum absolute atomic E-state index is 0.0278. The van der Waals surface area contributed by atoms with E-state index in [0.29, 0.717) is 5.69 Å². The van der Waals surface area contributed by atoms with Gasteiger partial charge in [-0.15, -0.1) is 0 Å². The third-order valence-corrected chi connectivity index (χ3v) is 6.38. The largest absolute Gasteiger partial charge is 0.493 e. The Balaban J connectivity index is 1.39. The van der Waals surface area contributed by atoms with E-state index in [9.17, 15) is 19.1 Å². The normalized spacial score (nSPS) is 12.3. The number of nitrogens with one attached hydrogen (secondary N) is 1. The van der Waals surface area contributed by atoms with Crippen LogP contribution in [0.15, 0.2) is 70.6 Å². The van der Waals surface area contributed by atoms with Crippen LogP contribution in [0.25, 0.3) is 16.5 Å². The Bertz CT molecular complexity index is 1410. The van der Waals surface area contributed by atoms with E-state index in [4.69, 9.17) is 0 Å². The van der Waals surface area contributed by atoms with Gasteiger partial charge >= 0.3 is 0 Å². The smallest absolute Gasteiger partial charge is 0.262 e. The first-order valence-corrected chi connectivity index (χ1v) is 11.0. The lowest BCUT2D eigenvalue weighted by Crippen LogP contribution is -2.21. The summed E-state index contributed by atoms with van der Waals surface area (Å²) < 4.78 is 14.5. The first kappa shape index (κ1) is 20.3. The van der Waals surface area contributed by atoms with Crippen LogP contribution in [0.1, 0.15) is 11.1 Å². The second kappa shape index (κ2) is 8.12. The van der Waals surface area contributed by atoms with Gasteiger partial charge in [0, 0.05) is 11.1 Å². The average molecular weight is 447 g/mol. The number of halogens is 1. The van der Waals surface area contributed by atoms with E-state index in [1.54, 1.807) is 0 Å². The molecule has 0 unspecified atom stereocenters. The fourth-order valence-electron chi connectivity index (χ4n) is 4.05. The van der Waals surface area contributed by atoms with Crippen molar-refractivity contribution < 1.29 is 14.3 Å². The van der Waals surface area contributed by atoms with Crippen molar-refractivity contribution in [3.8, 4) is 11.6 Å². The number of rotatable bonds is 5. The molecule has 1 aliphatic carbocycles. The Morgan fingerprint density at radius 3 is 2.62 bits per heavy atom. The van der Waals surface area contributed by atoms with Gasteiger partial charge in [-0.2, -0.15) is 4.98 Å². The van der Waals surface area contributed by atoms with E-state index in [-0.39, 0.29) is 16.8 Å². The number of amides is 1. The van der Waals surface area contributed by atoms with Crippen LogP contribution in [0.4, 0.5) is 10.1 Å². The van der Waals surface area contributed by atoms with Crippen LogP contribution in [0.2, 0.25) is 0 Å². The van der Waals surface area contributed by atoms with Crippen LogP contribution >= 0.6 is 11.8 Å². The summed E-state index contributed by atoms with van der Waals surface area (Å²) in [5.41, 5.74) is 3.17. The number of aromatic hydroxyl groups is 1. The van der Waals surface area contributed by atoms with Gasteiger partial charge in [-0.05, 0) is 59.7 Å². The number of carbonyl (C=O) groups excluding carboxylic acids is 1. The van der Waals surface area contributed by atoms with Crippen molar-refractivity contribution >= 4 is 34.1 Å². The van der Waals surface area contributed by atoms with Crippen molar-refractivity contribution in [1.82, 2.24) is 9.55 Å². The van der Waals surface area contributed by atoms with E-state index in [1.807, 2.05) is 24.3 Å². The molecule has 6 nitrogen and oxygen atoms in total. The van der Waals surface area contributed by atoms with Crippen molar-refractivity contribution in [2.45, 2.75) is 18.0 Å². The SMILES string of the molecule is O=C(CSc1nc(O)cc(=O)n1-c1ccc(F)cc1)Nc1ccc2c3c(cccc13)CC2. The molecular weight excluding hydrogens is 429 g/mol. The number of hydrogen-bond donors (Lipinski definition) is 2. The van der Waals surface area contributed by atoms with E-state index in [2.05, 4.69) is 16.4 Å². The zero-order valence-corrected chi connectivity index (χ0v) is 17.7. The molecule has 8 heteroatoms. The molecule has 0 bridgehead atoms. The first-order valence-electron chi connectivity index (χ1n) is 10.0. The molecule has 0 spiro atoms. The van der Waals surface area contributed by atoms with Gasteiger partial charge in [0.05, 0.1) is 17.5 Å². The molecule has 4 aromatic rings. The van der Waals surface area contributed by atoms with Gasteiger partial charge < -0.3 is 10.4 Å². The number of thioether (sulfide) groups is 1. The fourth-order valence-corrected chi connectivity index (χ4v) is 4.86. The molecule has 1 heterocycles. The summed E-state index contributed by atoms with van der Waals surface area (Å²) in [4.78, 5) is 29.2. The van der Waals surface area contributed by atoms with E-state index >= 15 is 0 Å². The Morgan fingerprint density at radius 2 is 1.84 bits per heavy atom. The molecule has 3 aromatic carbocycles. The summed E-state index contributed by atoms with van der Waals surface area (Å²) in [6, 6.07) is 16.4. The minimum Gasteiger partial charge on any atom is -0.493 e. The maximum Gasteiger partial charge on any atom is 0.262 e. The maximum absolute atomic E-state index is 13.3. The van der Waals surface area contributed by atoms with Crippen molar-refractivity contribution in [1.29, 1.82) is 0 Å². The van der Waals surface area contributed by atoms with Crippen LogP contribution in [0.3, 0.4) is 0 Å². The zero-order valence-electron chi connectivity index (χ0n) is 16.8. The summed E-state index contributed by atoms with van der Waals surface area (Å²) in [6.45, 7) is 0. The summed E-state index contributed by atoms with van der Waals surface area (Å²) in [5.74, 6) is -1.17. The Hall–Kier alpha value is -3.65. The molecule has 0 atom stereocenters. The molecule has 1 aliphatic rings. The Kier molecular flexibility index (Phi) is 5.14. The topological polar surface area (TPSA) is 84.2 Å². The summed E-state index contributed by atoms with van der Waals surface area (Å²) >= 11 is 1.01. The number of hydrogen-bond acceptors (Lipinski definition) is 5. The van der Waals surface area contributed by atoms with Gasteiger partial charge in [-0.3, -0.25) is 14.2 Å². The van der Waals surface area contributed by atoms with E-state index < -0.39 is 17.3 Å². The van der Waals surface area contributed by atoms with Crippen LogP contribution in [-0.4, -0.2) is 26.3 Å². The summed E-state index contributed by atoms with van der Waals surface area (Å²) in [7, 11) is 0. The van der Waals surface area contributed by atoms with Gasteiger partial charge in [-0.1, -0.05) is 36.0 Å². The van der Waals surface area contributed by atoms with Gasteiger partial charge in [-0.25, -0.2) is 4.39 Å². The van der Waals surface area contributed by atoms with Gasteiger partial charge in [0.25, 0.3) is 5.56 Å². The van der Waals surface area contributed by atoms with Gasteiger partial charge in [0.1, 0.15) is 5.82 Å². The van der Waals surface area contributed by atoms with Crippen molar-refractivity contribution in [2.24, 2.45) is 0 Å².